The van der Waals surface area contributed by atoms with Gasteiger partial charge in [-0.3, -0.25) is 0 Å². The molecule has 0 radical (unpaired) electrons. The molecule has 22 heavy (non-hydrogen) atoms. The average molecular weight is 349 g/mol. The van der Waals surface area contributed by atoms with E-state index in [1.165, 1.54) is 0 Å². The Balaban J connectivity index is 3.33. The number of carbonyl (C=O) groups is 1. The molecule has 0 spiro atoms. The van der Waals surface area contributed by atoms with E-state index in [2.05, 4.69) is 0 Å². The third-order valence-corrected chi connectivity index (χ3v) is 4.47. The van der Waals surface area contributed by atoms with Crippen LogP contribution in [0.25, 0.3) is 0 Å². The second kappa shape index (κ2) is 7.54. The zero-order valence-corrected chi connectivity index (χ0v) is 13.5. The Morgan fingerprint density at radius 1 is 1.50 bits per heavy atom. The van der Waals surface area contributed by atoms with Gasteiger partial charge in [0.1, 0.15) is 16.8 Å². The Kier molecular flexibility index (Phi) is 6.29. The number of hydrogen-bond donors (Lipinski definition) is 1. The fraction of sp³-hybridized carbons (Fsp3) is 0.385. The lowest BCUT2D eigenvalue weighted by Crippen LogP contribution is -2.33. The van der Waals surface area contributed by atoms with Gasteiger partial charge < -0.3 is 4.74 Å². The predicted molar refractivity (Wildman–Crippen MR) is 77.4 cm³/mol. The summed E-state index contributed by atoms with van der Waals surface area (Å²) in [6.07, 6.45) is 0.204. The number of hydrogen-bond acceptors (Lipinski definition) is 5. The highest BCUT2D eigenvalue weighted by Gasteiger charge is 2.26. The number of halogens is 2. The first-order valence-corrected chi connectivity index (χ1v) is 8.21. The first kappa shape index (κ1) is 18.4. The summed E-state index contributed by atoms with van der Waals surface area (Å²) in [7, 11) is -4.32. The first-order chi connectivity index (χ1) is 10.3. The summed E-state index contributed by atoms with van der Waals surface area (Å²) in [4.78, 5) is 10.9. The molecule has 0 aromatic heterocycles. The highest BCUT2D eigenvalue weighted by atomic mass is 35.5. The van der Waals surface area contributed by atoms with Gasteiger partial charge in [0.25, 0.3) is 0 Å². The van der Waals surface area contributed by atoms with Gasteiger partial charge >= 0.3 is 5.97 Å². The molecule has 0 aliphatic heterocycles. The number of rotatable bonds is 6. The van der Waals surface area contributed by atoms with Crippen LogP contribution < -0.4 is 4.72 Å². The molecule has 1 aromatic rings. The quantitative estimate of drug-likeness (QED) is 0.795. The molecular formula is C13H14ClFN2O4S. The fourth-order valence-corrected chi connectivity index (χ4v) is 3.09. The van der Waals surface area contributed by atoms with E-state index in [1.807, 2.05) is 4.72 Å². The maximum atomic E-state index is 13.9. The van der Waals surface area contributed by atoms with E-state index in [0.717, 1.165) is 12.1 Å². The molecule has 0 heterocycles. The summed E-state index contributed by atoms with van der Waals surface area (Å²) in [5.74, 6) is -1.99. The molecule has 0 aliphatic carbocycles. The molecule has 9 heteroatoms. The largest absolute Gasteiger partial charge is 0.462 e. The van der Waals surface area contributed by atoms with Gasteiger partial charge in [-0.25, -0.2) is 17.6 Å². The van der Waals surface area contributed by atoms with Gasteiger partial charge in [-0.15, -0.1) is 0 Å². The van der Waals surface area contributed by atoms with Crippen LogP contribution in [-0.4, -0.2) is 27.0 Å². The standard InChI is InChI=1S/C13H14ClFN2O4S/c1-3-8(7-16)17-22(19,20)12-5-9(13(18)21-4-2)10(14)6-11(12)15/h5-6,8,17H,3-4H2,1-2H3. The van der Waals surface area contributed by atoms with Crippen molar-refractivity contribution in [3.8, 4) is 6.07 Å². The third-order valence-electron chi connectivity index (χ3n) is 2.67. The molecule has 1 rings (SSSR count). The number of benzene rings is 1. The maximum Gasteiger partial charge on any atom is 0.339 e. The molecule has 6 nitrogen and oxygen atoms in total. The number of sulfonamides is 1. The molecule has 0 bridgehead atoms. The lowest BCUT2D eigenvalue weighted by atomic mass is 10.2. The SMILES string of the molecule is CCOC(=O)c1cc(S(=O)(=O)NC(C#N)CC)c(F)cc1Cl. The Bertz CT molecular complexity index is 715. The lowest BCUT2D eigenvalue weighted by Gasteiger charge is -2.12. The van der Waals surface area contributed by atoms with Gasteiger partial charge in [0.05, 0.1) is 23.3 Å². The second-order valence-corrected chi connectivity index (χ2v) is 6.28. The summed E-state index contributed by atoms with van der Waals surface area (Å²) in [6.45, 7) is 3.21. The van der Waals surface area contributed by atoms with Crippen LogP contribution >= 0.6 is 11.6 Å². The van der Waals surface area contributed by atoms with Crippen molar-refractivity contribution in [2.45, 2.75) is 31.2 Å². The molecule has 0 aliphatic rings. The van der Waals surface area contributed by atoms with Crippen LogP contribution in [0.2, 0.25) is 5.02 Å². The Hall–Kier alpha value is -1.69. The first-order valence-electron chi connectivity index (χ1n) is 6.34. The maximum absolute atomic E-state index is 13.9. The van der Waals surface area contributed by atoms with E-state index >= 15 is 0 Å². The van der Waals surface area contributed by atoms with Crippen LogP contribution in [0, 0.1) is 17.1 Å². The third kappa shape index (κ3) is 4.16. The Morgan fingerprint density at radius 3 is 2.64 bits per heavy atom. The van der Waals surface area contributed by atoms with Crippen LogP contribution in [0.4, 0.5) is 4.39 Å². The van der Waals surface area contributed by atoms with Crippen LogP contribution in [-0.2, 0) is 14.8 Å². The van der Waals surface area contributed by atoms with E-state index in [-0.39, 0.29) is 23.6 Å². The molecule has 0 fully saturated rings. The van der Waals surface area contributed by atoms with Gasteiger partial charge in [0.2, 0.25) is 10.0 Å². The smallest absolute Gasteiger partial charge is 0.339 e. The number of carbonyl (C=O) groups excluding carboxylic acids is 1. The molecule has 0 saturated carbocycles. The fourth-order valence-electron chi connectivity index (χ4n) is 1.55. The van der Waals surface area contributed by atoms with Crippen molar-refractivity contribution in [1.82, 2.24) is 4.72 Å². The van der Waals surface area contributed by atoms with Crippen molar-refractivity contribution in [2.75, 3.05) is 6.61 Å². The van der Waals surface area contributed by atoms with Crippen LogP contribution in [0.1, 0.15) is 30.6 Å². The molecular weight excluding hydrogens is 335 g/mol. The highest BCUT2D eigenvalue weighted by Crippen LogP contribution is 2.25. The lowest BCUT2D eigenvalue weighted by molar-refractivity contribution is 0.0526. The number of ether oxygens (including phenoxy) is 1. The summed E-state index contributed by atoms with van der Waals surface area (Å²) in [5, 5.41) is 8.53. The number of nitrogens with one attached hydrogen (secondary N) is 1. The van der Waals surface area contributed by atoms with Crippen LogP contribution in [0.3, 0.4) is 0 Å². The van der Waals surface area contributed by atoms with Gasteiger partial charge in [0.15, 0.2) is 0 Å². The van der Waals surface area contributed by atoms with Crippen molar-refractivity contribution in [2.24, 2.45) is 0 Å². The van der Waals surface area contributed by atoms with Gasteiger partial charge in [-0.05, 0) is 25.5 Å². The van der Waals surface area contributed by atoms with Gasteiger partial charge in [0, 0.05) is 0 Å². The van der Waals surface area contributed by atoms with Gasteiger partial charge in [-0.2, -0.15) is 9.98 Å². The minimum atomic E-state index is -4.32. The normalized spacial score (nSPS) is 12.5. The predicted octanol–water partition coefficient (Wildman–Crippen LogP) is 2.24. The average Bonchev–Trinajstić information content (AvgIpc) is 2.44. The molecule has 0 saturated heterocycles. The van der Waals surface area contributed by atoms with E-state index in [9.17, 15) is 17.6 Å². The summed E-state index contributed by atoms with van der Waals surface area (Å²) in [6, 6.07) is 2.24. The molecule has 1 N–H and O–H groups in total. The molecule has 1 aromatic carbocycles. The molecule has 1 atom stereocenters. The molecule has 120 valence electrons. The van der Waals surface area contributed by atoms with E-state index < -0.39 is 32.7 Å². The number of nitrogens with zero attached hydrogens (tertiary/aromatic N) is 1. The van der Waals surface area contributed by atoms with Crippen molar-refractivity contribution in [1.29, 1.82) is 5.26 Å². The van der Waals surface area contributed by atoms with Crippen molar-refractivity contribution in [3.63, 3.8) is 0 Å². The number of esters is 1. The molecule has 0 amide bonds. The Labute approximate surface area is 132 Å². The van der Waals surface area contributed by atoms with E-state index in [4.69, 9.17) is 21.6 Å². The summed E-state index contributed by atoms with van der Waals surface area (Å²) in [5.41, 5.74) is -0.268. The minimum absolute atomic E-state index is 0.0548. The van der Waals surface area contributed by atoms with Crippen molar-refractivity contribution < 1.29 is 22.3 Å². The summed E-state index contributed by atoms with van der Waals surface area (Å²) < 4.78 is 44.9. The van der Waals surface area contributed by atoms with Crippen LogP contribution in [0.5, 0.6) is 0 Å². The number of nitriles is 1. The topological polar surface area (TPSA) is 96.3 Å². The zero-order chi connectivity index (χ0) is 16.9. The summed E-state index contributed by atoms with van der Waals surface area (Å²) >= 11 is 5.73. The monoisotopic (exact) mass is 348 g/mol. The minimum Gasteiger partial charge on any atom is -0.462 e. The van der Waals surface area contributed by atoms with Crippen LogP contribution in [0.15, 0.2) is 17.0 Å². The Morgan fingerprint density at radius 2 is 2.14 bits per heavy atom. The van der Waals surface area contributed by atoms with Crippen molar-refractivity contribution >= 4 is 27.6 Å². The van der Waals surface area contributed by atoms with E-state index in [1.54, 1.807) is 19.9 Å². The van der Waals surface area contributed by atoms with E-state index in [0.29, 0.717) is 0 Å². The highest BCUT2D eigenvalue weighted by molar-refractivity contribution is 7.89. The molecule has 1 unspecified atom stereocenters. The van der Waals surface area contributed by atoms with Gasteiger partial charge in [-0.1, -0.05) is 18.5 Å². The second-order valence-electron chi connectivity index (χ2n) is 4.19. The van der Waals surface area contributed by atoms with Crippen molar-refractivity contribution in [3.05, 3.63) is 28.5 Å². The zero-order valence-electron chi connectivity index (χ0n) is 11.9.